The number of nitrogens with two attached hydrogens (primary N) is 2. The van der Waals surface area contributed by atoms with E-state index in [1.807, 2.05) is 0 Å². The minimum Gasteiger partial charge on any atom is -0.669 e. The molecule has 2 atom stereocenters. The fourth-order valence-corrected chi connectivity index (χ4v) is 7.45. The van der Waals surface area contributed by atoms with Gasteiger partial charge in [-0.2, -0.15) is 0 Å². The molecule has 0 aromatic heterocycles. The Morgan fingerprint density at radius 3 is 1.22 bits per heavy atom. The number of rotatable bonds is 10. The maximum atomic E-state index is 12.6. The number of hydrogen-bond donors (Lipinski definition) is 10. The Morgan fingerprint density at radius 2 is 0.906 bits per heavy atom. The molecule has 2 fully saturated rings. The van der Waals surface area contributed by atoms with Gasteiger partial charge < -0.3 is 80.6 Å². The Balaban J connectivity index is 0.000000234. The van der Waals surface area contributed by atoms with Gasteiger partial charge in [0.05, 0.1) is 37.7 Å². The summed E-state index contributed by atoms with van der Waals surface area (Å²) in [5.74, 6) is -3.28. The molecule has 0 radical (unpaired) electrons. The van der Waals surface area contributed by atoms with E-state index in [9.17, 15) is 59.7 Å². The van der Waals surface area contributed by atoms with Crippen LogP contribution in [0.3, 0.4) is 0 Å². The normalized spacial score (nSPS) is 17.8. The molecule has 0 saturated carbocycles. The molecule has 4 heterocycles. The predicted octanol–water partition coefficient (Wildman–Crippen LogP) is -5.52. The number of aryl methyl sites for hydroxylation is 2. The molecule has 0 spiro atoms. The van der Waals surface area contributed by atoms with Gasteiger partial charge in [-0.25, -0.2) is 9.59 Å². The fraction of sp³-hybridized carbons (Fsp3) is 0.300. The van der Waals surface area contributed by atoms with Crippen LogP contribution < -0.4 is 89.4 Å². The Kier molecular flexibility index (Phi) is 16.0. The number of benzene rings is 4. The van der Waals surface area contributed by atoms with Gasteiger partial charge in [0.25, 0.3) is 0 Å². The number of amides is 2. The van der Waals surface area contributed by atoms with Crippen LogP contribution in [0.1, 0.15) is 55.1 Å². The van der Waals surface area contributed by atoms with Crippen molar-refractivity contribution in [1.82, 2.24) is 9.80 Å². The van der Waals surface area contributed by atoms with Crippen molar-refractivity contribution >= 4 is 37.3 Å². The number of fused-ring (bicyclic) bond motifs is 2. The molecular formula is C40H44B2N4Na2O16. The zero-order chi connectivity index (χ0) is 44.7. The quantitative estimate of drug-likeness (QED) is 0.0664. The van der Waals surface area contributed by atoms with E-state index in [1.54, 1.807) is 36.4 Å². The van der Waals surface area contributed by atoms with E-state index < -0.39 is 49.7 Å². The van der Waals surface area contributed by atoms with Crippen LogP contribution in [0.25, 0.3) is 0 Å². The maximum Gasteiger partial charge on any atom is 1.00 e. The molecule has 20 nitrogen and oxygen atoms in total. The van der Waals surface area contributed by atoms with E-state index in [1.165, 1.54) is 46.2 Å². The van der Waals surface area contributed by atoms with Crippen molar-refractivity contribution in [2.45, 2.75) is 49.8 Å². The third-order valence-corrected chi connectivity index (χ3v) is 11.0. The third-order valence-electron chi connectivity index (χ3n) is 11.0. The summed E-state index contributed by atoms with van der Waals surface area (Å²) in [7, 11) is 0. The second-order valence-electron chi connectivity index (χ2n) is 15.6. The van der Waals surface area contributed by atoms with Crippen LogP contribution in [0.2, 0.25) is 12.6 Å². The number of ether oxygens (including phenoxy) is 2. The first kappa shape index (κ1) is 50.4. The molecule has 2 amide bonds. The summed E-state index contributed by atoms with van der Waals surface area (Å²) in [5, 5.41) is 77.2. The Hall–Kier alpha value is -4.55. The van der Waals surface area contributed by atoms with Gasteiger partial charge in [0, 0.05) is 0 Å². The molecule has 24 heteroatoms. The van der Waals surface area contributed by atoms with Gasteiger partial charge >= 0.3 is 84.6 Å². The fourth-order valence-electron chi connectivity index (χ4n) is 7.45. The van der Waals surface area contributed by atoms with Gasteiger partial charge in [0.2, 0.25) is 11.8 Å². The predicted molar refractivity (Wildman–Crippen MR) is 218 cm³/mol. The first-order chi connectivity index (χ1) is 29.3. The number of aromatic hydroxyl groups is 2. The first-order valence-electron chi connectivity index (χ1n) is 19.7. The second kappa shape index (κ2) is 20.3. The van der Waals surface area contributed by atoms with Crippen LogP contribution in [0, 0.1) is 0 Å². The number of carboxylic acid groups (broad SMARTS) is 2. The van der Waals surface area contributed by atoms with E-state index in [4.69, 9.17) is 30.2 Å². The molecule has 0 unspecified atom stereocenters. The summed E-state index contributed by atoms with van der Waals surface area (Å²) in [6.45, 7) is -5.37. The van der Waals surface area contributed by atoms with Crippen molar-refractivity contribution in [2.24, 2.45) is 11.5 Å². The molecule has 8 rings (SSSR count). The van der Waals surface area contributed by atoms with Crippen LogP contribution in [0.5, 0.6) is 34.5 Å². The number of aromatic carboxylic acids is 2. The number of phenols is 2. The molecule has 0 bridgehead atoms. The maximum absolute atomic E-state index is 12.6. The molecule has 4 aromatic rings. The molecule has 4 aliphatic heterocycles. The topological polar surface area (TPSA) is 326 Å². The number of carbonyl (C=O) groups excluding carboxylic acids is 2. The summed E-state index contributed by atoms with van der Waals surface area (Å²) < 4.78 is 21.8. The SMILES string of the molecule is N[C@@H](C(=O)N1CC(Oc2ccc3c(c2C(=O)O)O[B-](O)(O)CC3)C1)c1ccc(O)cc1.N[C@@H](C(=O)N1CC(Oc2ccc3c(c2C(=O)O)O[B-](O)(O)CC3)C1)c1ccc(O)cc1.[Na+].[Na+]. The van der Waals surface area contributed by atoms with Crippen molar-refractivity contribution in [3.63, 3.8) is 0 Å². The molecule has 2 saturated heterocycles. The molecule has 0 aliphatic carbocycles. The zero-order valence-corrected chi connectivity index (χ0v) is 38.9. The largest absolute Gasteiger partial charge is 1.00 e. The molecule has 4 aromatic carbocycles. The van der Waals surface area contributed by atoms with Gasteiger partial charge in [0.1, 0.15) is 58.4 Å². The smallest absolute Gasteiger partial charge is 0.669 e. The molecular weight excluding hydrogens is 860 g/mol. The third kappa shape index (κ3) is 11.3. The monoisotopic (exact) mass is 904 g/mol. The minimum atomic E-state index is -3.12. The van der Waals surface area contributed by atoms with E-state index in [2.05, 4.69) is 0 Å². The van der Waals surface area contributed by atoms with Crippen LogP contribution >= 0.6 is 0 Å². The summed E-state index contributed by atoms with van der Waals surface area (Å²) in [6.07, 6.45) is -0.406. The number of carboxylic acids is 2. The molecule has 12 N–H and O–H groups in total. The Morgan fingerprint density at radius 1 is 0.578 bits per heavy atom. The Bertz CT molecular complexity index is 2220. The van der Waals surface area contributed by atoms with Crippen LogP contribution in [-0.2, 0) is 22.4 Å². The van der Waals surface area contributed by atoms with E-state index in [-0.39, 0.29) is 168 Å². The van der Waals surface area contributed by atoms with Crippen molar-refractivity contribution in [1.29, 1.82) is 0 Å². The summed E-state index contributed by atoms with van der Waals surface area (Å²) in [4.78, 5) is 51.8. The van der Waals surface area contributed by atoms with Crippen molar-refractivity contribution in [3.8, 4) is 34.5 Å². The summed E-state index contributed by atoms with van der Waals surface area (Å²) in [6, 6.07) is 16.6. The zero-order valence-electron chi connectivity index (χ0n) is 34.9. The van der Waals surface area contributed by atoms with Crippen LogP contribution in [-0.4, -0.2) is 126 Å². The summed E-state index contributed by atoms with van der Waals surface area (Å²) in [5.41, 5.74) is 13.7. The van der Waals surface area contributed by atoms with Crippen molar-refractivity contribution in [3.05, 3.63) is 106 Å². The van der Waals surface area contributed by atoms with Gasteiger partial charge in [-0.1, -0.05) is 49.0 Å². The van der Waals surface area contributed by atoms with Gasteiger partial charge in [-0.3, -0.25) is 9.59 Å². The minimum absolute atomic E-state index is 0. The van der Waals surface area contributed by atoms with Crippen LogP contribution in [0.15, 0.2) is 72.8 Å². The average Bonchev–Trinajstić information content (AvgIpc) is 3.18. The van der Waals surface area contributed by atoms with Crippen LogP contribution in [0.4, 0.5) is 0 Å². The Labute approximate surface area is 409 Å². The number of nitrogens with zero attached hydrogens (tertiary/aromatic N) is 2. The summed E-state index contributed by atoms with van der Waals surface area (Å²) >= 11 is 0. The molecule has 4 aliphatic rings. The first-order valence-corrected chi connectivity index (χ1v) is 19.7. The van der Waals surface area contributed by atoms with E-state index >= 15 is 0 Å². The molecule has 64 heavy (non-hydrogen) atoms. The number of hydrogen-bond acceptors (Lipinski definition) is 16. The van der Waals surface area contributed by atoms with Gasteiger partial charge in [-0.15, -0.1) is 0 Å². The number of phenolic OH excluding ortho intramolecular Hbond substituents is 2. The van der Waals surface area contributed by atoms with E-state index in [0.29, 0.717) is 22.3 Å². The number of carbonyl (C=O) groups is 4. The second-order valence-corrected chi connectivity index (χ2v) is 15.6. The molecule has 328 valence electrons. The number of likely N-dealkylation sites (tertiary alicyclic amines) is 2. The average molecular weight is 904 g/mol. The van der Waals surface area contributed by atoms with Gasteiger partial charge in [-0.05, 0) is 71.5 Å². The van der Waals surface area contributed by atoms with Gasteiger partial charge in [0.15, 0.2) is 0 Å². The standard InChI is InChI=1S/2C20H22BN2O8.2Na/c2*22-17(11-1-4-13(24)5-2-11)19(25)23-9-14(10-23)30-15-6-3-12-7-8-21(28,29)31-18(12)16(15)20(26)27;;/h2*1-6,14,17,24,28-29H,7-10,22H2,(H,26,27);;/q2*-1;2*+1/t2*17-;;/m11../s1. The van der Waals surface area contributed by atoms with E-state index in [0.717, 1.165) is 0 Å². The van der Waals surface area contributed by atoms with Crippen molar-refractivity contribution < 1.29 is 138 Å². The van der Waals surface area contributed by atoms with Crippen molar-refractivity contribution in [2.75, 3.05) is 26.2 Å².